The van der Waals surface area contributed by atoms with E-state index in [4.69, 9.17) is 0 Å². The normalized spacial score (nSPS) is 18.2. The van der Waals surface area contributed by atoms with E-state index in [0.717, 1.165) is 13.1 Å². The minimum atomic E-state index is 1.04. The molecule has 1 saturated heterocycles. The van der Waals surface area contributed by atoms with Gasteiger partial charge in [-0.2, -0.15) is 0 Å². The molecule has 0 N–H and O–H groups in total. The molecule has 1 aromatic rings. The number of tetrazole rings is 1. The van der Waals surface area contributed by atoms with Gasteiger partial charge < -0.3 is 0 Å². The van der Waals surface area contributed by atoms with Crippen molar-refractivity contribution < 1.29 is 0 Å². The van der Waals surface area contributed by atoms with Gasteiger partial charge in [0.25, 0.3) is 0 Å². The van der Waals surface area contributed by atoms with Gasteiger partial charge in [0.15, 0.2) is 0 Å². The average Bonchev–Trinajstić information content (AvgIpc) is 2.59. The summed E-state index contributed by atoms with van der Waals surface area (Å²) in [5.41, 5.74) is 0. The predicted octanol–water partition coefficient (Wildman–Crippen LogP) is -0.795. The van der Waals surface area contributed by atoms with Crippen LogP contribution in [0.5, 0.6) is 0 Å². The molecular formula is C5H8N5. The lowest BCUT2D eigenvalue weighted by Crippen LogP contribution is -2.31. The Bertz CT molecular complexity index is 188. The van der Waals surface area contributed by atoms with Crippen molar-refractivity contribution in [2.24, 2.45) is 0 Å². The second-order valence-corrected chi connectivity index (χ2v) is 2.33. The molecule has 1 aliphatic heterocycles. The first-order valence-corrected chi connectivity index (χ1v) is 3.38. The second-order valence-electron chi connectivity index (χ2n) is 2.33. The molecule has 5 heteroatoms. The maximum absolute atomic E-state index is 3.72. The number of aromatic nitrogens is 4. The van der Waals surface area contributed by atoms with E-state index in [9.17, 15) is 0 Å². The van der Waals surface area contributed by atoms with Crippen molar-refractivity contribution in [1.82, 2.24) is 20.3 Å². The third-order valence-corrected chi connectivity index (χ3v) is 1.65. The van der Waals surface area contributed by atoms with Crippen LogP contribution in [0.1, 0.15) is 12.8 Å². The van der Waals surface area contributed by atoms with Gasteiger partial charge in [-0.25, -0.2) is 0 Å². The Morgan fingerprint density at radius 2 is 2.00 bits per heavy atom. The summed E-state index contributed by atoms with van der Waals surface area (Å²) < 4.78 is 0. The van der Waals surface area contributed by atoms with Crippen LogP contribution >= 0.6 is 0 Å². The van der Waals surface area contributed by atoms with Crippen molar-refractivity contribution in [3.8, 4) is 0 Å². The Kier molecular flexibility index (Phi) is 1.26. The van der Waals surface area contributed by atoms with Crippen molar-refractivity contribution in [1.29, 1.82) is 0 Å². The fourth-order valence-electron chi connectivity index (χ4n) is 1.15. The number of hydrogen-bond acceptors (Lipinski definition) is 4. The Balaban J connectivity index is 2.12. The van der Waals surface area contributed by atoms with Gasteiger partial charge in [-0.1, -0.05) is 0 Å². The molecule has 53 valence electrons. The molecule has 0 unspecified atom stereocenters. The third kappa shape index (κ3) is 0.832. The smallest absolute Gasteiger partial charge is 0.245 e. The maximum Gasteiger partial charge on any atom is 0.245 e. The van der Waals surface area contributed by atoms with Crippen LogP contribution in [0.25, 0.3) is 0 Å². The zero-order chi connectivity index (χ0) is 6.81. The van der Waals surface area contributed by atoms with E-state index in [2.05, 4.69) is 26.9 Å². The topological polar surface area (TPSA) is 46.8 Å². The molecule has 2 heterocycles. The molecule has 5 nitrogen and oxygen atoms in total. The fourth-order valence-corrected chi connectivity index (χ4v) is 1.15. The SMILES string of the molecule is [c]1nnnn1N1CCCC1. The monoisotopic (exact) mass is 138 g/mol. The summed E-state index contributed by atoms with van der Waals surface area (Å²) in [7, 11) is 0. The van der Waals surface area contributed by atoms with E-state index in [1.165, 1.54) is 12.8 Å². The molecule has 2 rings (SSSR count). The van der Waals surface area contributed by atoms with Crippen LogP contribution in [-0.2, 0) is 0 Å². The first-order chi connectivity index (χ1) is 4.97. The van der Waals surface area contributed by atoms with Gasteiger partial charge in [0.2, 0.25) is 6.33 Å². The molecule has 1 fully saturated rings. The van der Waals surface area contributed by atoms with Crippen molar-refractivity contribution in [2.75, 3.05) is 18.1 Å². The molecule has 10 heavy (non-hydrogen) atoms. The summed E-state index contributed by atoms with van der Waals surface area (Å²) >= 11 is 0. The van der Waals surface area contributed by atoms with Crippen molar-refractivity contribution in [2.45, 2.75) is 12.8 Å². The molecule has 0 aromatic carbocycles. The number of hydrogen-bond donors (Lipinski definition) is 0. The quantitative estimate of drug-likeness (QED) is 0.510. The molecule has 0 aliphatic carbocycles. The summed E-state index contributed by atoms with van der Waals surface area (Å²) in [6, 6.07) is 0. The summed E-state index contributed by atoms with van der Waals surface area (Å²) in [5, 5.41) is 12.7. The molecule has 0 spiro atoms. The van der Waals surface area contributed by atoms with E-state index < -0.39 is 0 Å². The standard InChI is InChI=1S/C5H8N5/c1-2-4-9(3-1)10-5-6-7-8-10/h1-4H2. The molecule has 1 aliphatic rings. The zero-order valence-electron chi connectivity index (χ0n) is 5.56. The number of nitrogens with zero attached hydrogens (tertiary/aromatic N) is 5. The Morgan fingerprint density at radius 3 is 2.60 bits per heavy atom. The minimum absolute atomic E-state index is 1.04. The maximum atomic E-state index is 3.72. The zero-order valence-corrected chi connectivity index (χ0v) is 5.56. The van der Waals surface area contributed by atoms with E-state index in [0.29, 0.717) is 0 Å². The summed E-state index contributed by atoms with van der Waals surface area (Å²) in [4.78, 5) is 1.58. The molecule has 0 saturated carbocycles. The molecule has 1 aromatic heterocycles. The molecule has 0 bridgehead atoms. The third-order valence-electron chi connectivity index (χ3n) is 1.65. The summed E-state index contributed by atoms with van der Waals surface area (Å²) in [5.74, 6) is 0. The lowest BCUT2D eigenvalue weighted by atomic mass is 10.4. The second kappa shape index (κ2) is 2.24. The van der Waals surface area contributed by atoms with Crippen LogP contribution in [0.4, 0.5) is 0 Å². The lowest BCUT2D eigenvalue weighted by Gasteiger charge is -2.13. The van der Waals surface area contributed by atoms with Crippen LogP contribution in [0.2, 0.25) is 0 Å². The van der Waals surface area contributed by atoms with E-state index in [1.807, 2.05) is 0 Å². The lowest BCUT2D eigenvalue weighted by molar-refractivity contribution is 0.563. The fraction of sp³-hybridized carbons (Fsp3) is 0.800. The van der Waals surface area contributed by atoms with E-state index in [-0.39, 0.29) is 0 Å². The molecular weight excluding hydrogens is 130 g/mol. The predicted molar refractivity (Wildman–Crippen MR) is 33.8 cm³/mol. The highest BCUT2D eigenvalue weighted by Gasteiger charge is 2.12. The van der Waals surface area contributed by atoms with Gasteiger partial charge in [0.05, 0.1) is 0 Å². The minimum Gasteiger partial charge on any atom is -0.293 e. The average molecular weight is 138 g/mol. The van der Waals surface area contributed by atoms with Crippen molar-refractivity contribution in [3.63, 3.8) is 0 Å². The summed E-state index contributed by atoms with van der Waals surface area (Å²) in [6.07, 6.45) is 5.11. The van der Waals surface area contributed by atoms with Gasteiger partial charge in [-0.05, 0) is 23.3 Å². The highest BCUT2D eigenvalue weighted by Crippen LogP contribution is 2.03. The highest BCUT2D eigenvalue weighted by molar-refractivity contribution is 4.85. The van der Waals surface area contributed by atoms with Crippen LogP contribution < -0.4 is 5.01 Å². The van der Waals surface area contributed by atoms with E-state index >= 15 is 0 Å². The van der Waals surface area contributed by atoms with Gasteiger partial charge in [-0.3, -0.25) is 5.01 Å². The van der Waals surface area contributed by atoms with Gasteiger partial charge in [0, 0.05) is 13.1 Å². The van der Waals surface area contributed by atoms with Gasteiger partial charge in [0.1, 0.15) is 0 Å². The Labute approximate surface area is 58.6 Å². The van der Waals surface area contributed by atoms with E-state index in [1.54, 1.807) is 4.79 Å². The highest BCUT2D eigenvalue weighted by atomic mass is 15.7. The van der Waals surface area contributed by atoms with Crippen LogP contribution in [-0.4, -0.2) is 33.4 Å². The van der Waals surface area contributed by atoms with Crippen LogP contribution in [0.15, 0.2) is 0 Å². The first kappa shape index (κ1) is 5.64. The van der Waals surface area contributed by atoms with Crippen molar-refractivity contribution >= 4 is 0 Å². The Hall–Kier alpha value is -1.13. The first-order valence-electron chi connectivity index (χ1n) is 3.38. The molecule has 0 amide bonds. The largest absolute Gasteiger partial charge is 0.293 e. The van der Waals surface area contributed by atoms with Gasteiger partial charge >= 0.3 is 0 Å². The Morgan fingerprint density at radius 1 is 1.20 bits per heavy atom. The van der Waals surface area contributed by atoms with Gasteiger partial charge in [-0.15, -0.1) is 9.89 Å². The summed E-state index contributed by atoms with van der Waals surface area (Å²) in [6.45, 7) is 2.09. The molecule has 0 atom stereocenters. The van der Waals surface area contributed by atoms with Crippen molar-refractivity contribution in [3.05, 3.63) is 6.33 Å². The van der Waals surface area contributed by atoms with Crippen LogP contribution in [0.3, 0.4) is 0 Å². The molecule has 1 radical (unpaired) electrons. The van der Waals surface area contributed by atoms with Crippen LogP contribution in [0, 0.1) is 6.33 Å². The number of rotatable bonds is 1.